The number of carbonyl (C=O) groups is 1. The number of ketones is 1. The quantitative estimate of drug-likeness (QED) is 0.589. The fourth-order valence-electron chi connectivity index (χ4n) is 3.65. The van der Waals surface area contributed by atoms with Gasteiger partial charge in [-0.2, -0.15) is 0 Å². The lowest BCUT2D eigenvalue weighted by Crippen LogP contribution is -2.46. The summed E-state index contributed by atoms with van der Waals surface area (Å²) in [5.41, 5.74) is 3.48. The van der Waals surface area contributed by atoms with E-state index >= 15 is 0 Å². The maximum atomic E-state index is 12.7. The van der Waals surface area contributed by atoms with E-state index in [-0.39, 0.29) is 5.78 Å². The van der Waals surface area contributed by atoms with Crippen molar-refractivity contribution < 1.29 is 9.32 Å². The van der Waals surface area contributed by atoms with Crippen LogP contribution < -0.4 is 0 Å². The van der Waals surface area contributed by atoms with Gasteiger partial charge in [-0.25, -0.2) is 0 Å². The standard InChI is InChI=1S/C23H25N3O2/c27-22(21-18-28-24-23(21)20-9-5-2-6-10-20)11-12-25-13-15-26(16-14-25)17-19-7-3-1-4-8-19/h1-10,18H,11-17H2. The molecule has 0 unspecified atom stereocenters. The van der Waals surface area contributed by atoms with Gasteiger partial charge in [0.1, 0.15) is 12.0 Å². The molecule has 4 rings (SSSR count). The van der Waals surface area contributed by atoms with Crippen molar-refractivity contribution in [1.29, 1.82) is 0 Å². The fourth-order valence-corrected chi connectivity index (χ4v) is 3.65. The van der Waals surface area contributed by atoms with Crippen LogP contribution in [-0.2, 0) is 6.54 Å². The number of carbonyl (C=O) groups excluding carboxylic acids is 1. The Balaban J connectivity index is 1.27. The van der Waals surface area contributed by atoms with E-state index in [1.807, 2.05) is 30.3 Å². The summed E-state index contributed by atoms with van der Waals surface area (Å²) in [5.74, 6) is 0.0896. The van der Waals surface area contributed by atoms with Crippen LogP contribution in [0.3, 0.4) is 0 Å². The summed E-state index contributed by atoms with van der Waals surface area (Å²) in [6.45, 7) is 5.83. The molecule has 0 atom stereocenters. The Bertz CT molecular complexity index is 884. The van der Waals surface area contributed by atoms with Gasteiger partial charge in [-0.15, -0.1) is 0 Å². The summed E-state index contributed by atoms with van der Waals surface area (Å²) < 4.78 is 5.09. The summed E-state index contributed by atoms with van der Waals surface area (Å²) in [6, 6.07) is 20.3. The molecule has 2 heterocycles. The van der Waals surface area contributed by atoms with Gasteiger partial charge in [0.15, 0.2) is 5.78 Å². The van der Waals surface area contributed by atoms with E-state index in [4.69, 9.17) is 4.52 Å². The van der Waals surface area contributed by atoms with Crippen LogP contribution in [0.25, 0.3) is 11.3 Å². The van der Waals surface area contributed by atoms with Crippen molar-refractivity contribution in [2.75, 3.05) is 32.7 Å². The molecular weight excluding hydrogens is 350 g/mol. The predicted octanol–water partition coefficient (Wildman–Crippen LogP) is 3.73. The first-order valence-electron chi connectivity index (χ1n) is 9.81. The van der Waals surface area contributed by atoms with Crippen molar-refractivity contribution >= 4 is 5.78 Å². The van der Waals surface area contributed by atoms with Crippen molar-refractivity contribution in [3.05, 3.63) is 78.1 Å². The first-order chi connectivity index (χ1) is 13.8. The van der Waals surface area contributed by atoms with Crippen molar-refractivity contribution in [1.82, 2.24) is 15.0 Å². The van der Waals surface area contributed by atoms with Gasteiger partial charge in [-0.05, 0) is 5.56 Å². The number of rotatable bonds is 7. The molecule has 144 valence electrons. The van der Waals surface area contributed by atoms with Crippen LogP contribution in [0.15, 0.2) is 71.4 Å². The van der Waals surface area contributed by atoms with Gasteiger partial charge in [0.25, 0.3) is 0 Å². The van der Waals surface area contributed by atoms with Crippen LogP contribution >= 0.6 is 0 Å². The largest absolute Gasteiger partial charge is 0.363 e. The minimum atomic E-state index is 0.0896. The third-order valence-corrected chi connectivity index (χ3v) is 5.29. The number of hydrogen-bond donors (Lipinski definition) is 0. The van der Waals surface area contributed by atoms with Gasteiger partial charge in [0.2, 0.25) is 0 Å². The van der Waals surface area contributed by atoms with E-state index in [2.05, 4.69) is 45.3 Å². The van der Waals surface area contributed by atoms with Crippen LogP contribution in [0, 0.1) is 0 Å². The second-order valence-electron chi connectivity index (χ2n) is 7.22. The average molecular weight is 375 g/mol. The third-order valence-electron chi connectivity index (χ3n) is 5.29. The predicted molar refractivity (Wildman–Crippen MR) is 109 cm³/mol. The molecule has 0 radical (unpaired) electrons. The Morgan fingerprint density at radius 3 is 2.25 bits per heavy atom. The first-order valence-corrected chi connectivity index (χ1v) is 9.81. The zero-order valence-corrected chi connectivity index (χ0v) is 16.0. The first kappa shape index (κ1) is 18.6. The highest BCUT2D eigenvalue weighted by Crippen LogP contribution is 2.23. The Morgan fingerprint density at radius 1 is 0.893 bits per heavy atom. The molecule has 1 saturated heterocycles. The summed E-state index contributed by atoms with van der Waals surface area (Å²) >= 11 is 0. The van der Waals surface area contributed by atoms with Crippen molar-refractivity contribution in [2.24, 2.45) is 0 Å². The molecule has 0 saturated carbocycles. The number of nitrogens with zero attached hydrogens (tertiary/aromatic N) is 3. The summed E-state index contributed by atoms with van der Waals surface area (Å²) in [4.78, 5) is 17.6. The molecule has 3 aromatic rings. The number of aromatic nitrogens is 1. The molecular formula is C23H25N3O2. The Hall–Kier alpha value is -2.76. The second-order valence-corrected chi connectivity index (χ2v) is 7.22. The van der Waals surface area contributed by atoms with E-state index in [0.29, 0.717) is 17.7 Å². The molecule has 28 heavy (non-hydrogen) atoms. The SMILES string of the molecule is O=C(CCN1CCN(Cc2ccccc2)CC1)c1conc1-c1ccccc1. The molecule has 0 spiro atoms. The summed E-state index contributed by atoms with van der Waals surface area (Å²) in [5, 5.41) is 4.04. The normalized spacial score (nSPS) is 15.6. The number of hydrogen-bond acceptors (Lipinski definition) is 5. The van der Waals surface area contributed by atoms with Gasteiger partial charge in [0, 0.05) is 51.3 Å². The zero-order chi connectivity index (χ0) is 19.2. The third kappa shape index (κ3) is 4.55. The highest BCUT2D eigenvalue weighted by atomic mass is 16.5. The van der Waals surface area contributed by atoms with E-state index < -0.39 is 0 Å². The lowest BCUT2D eigenvalue weighted by atomic mass is 10.0. The van der Waals surface area contributed by atoms with Crippen LogP contribution in [0.1, 0.15) is 22.3 Å². The van der Waals surface area contributed by atoms with Crippen LogP contribution in [0.4, 0.5) is 0 Å². The van der Waals surface area contributed by atoms with Crippen molar-refractivity contribution in [3.63, 3.8) is 0 Å². The minimum Gasteiger partial charge on any atom is -0.363 e. The summed E-state index contributed by atoms with van der Waals surface area (Å²) in [6.07, 6.45) is 1.96. The molecule has 0 amide bonds. The van der Waals surface area contributed by atoms with E-state index in [0.717, 1.165) is 44.8 Å². The average Bonchev–Trinajstić information content (AvgIpc) is 3.24. The topological polar surface area (TPSA) is 49.6 Å². The number of benzene rings is 2. The molecule has 1 aromatic heterocycles. The zero-order valence-electron chi connectivity index (χ0n) is 16.0. The van der Waals surface area contributed by atoms with Gasteiger partial charge < -0.3 is 9.42 Å². The number of piperazine rings is 1. The lowest BCUT2D eigenvalue weighted by Gasteiger charge is -2.34. The Labute approximate surface area is 165 Å². The molecule has 2 aromatic carbocycles. The highest BCUT2D eigenvalue weighted by molar-refractivity contribution is 6.01. The fraction of sp³-hybridized carbons (Fsp3) is 0.304. The molecule has 0 N–H and O–H groups in total. The molecule has 1 aliphatic heterocycles. The van der Waals surface area contributed by atoms with Gasteiger partial charge in [0.05, 0.1) is 5.56 Å². The van der Waals surface area contributed by atoms with E-state index in [1.165, 1.54) is 11.8 Å². The van der Waals surface area contributed by atoms with Crippen molar-refractivity contribution in [3.8, 4) is 11.3 Å². The van der Waals surface area contributed by atoms with Gasteiger partial charge >= 0.3 is 0 Å². The van der Waals surface area contributed by atoms with E-state index in [9.17, 15) is 4.79 Å². The molecule has 0 aliphatic carbocycles. The van der Waals surface area contributed by atoms with Crippen LogP contribution in [-0.4, -0.2) is 53.5 Å². The lowest BCUT2D eigenvalue weighted by molar-refractivity contribution is 0.0922. The van der Waals surface area contributed by atoms with Gasteiger partial charge in [-0.3, -0.25) is 9.69 Å². The second kappa shape index (κ2) is 8.95. The monoisotopic (exact) mass is 375 g/mol. The maximum absolute atomic E-state index is 12.7. The molecule has 5 heteroatoms. The Morgan fingerprint density at radius 2 is 1.54 bits per heavy atom. The molecule has 1 aliphatic rings. The van der Waals surface area contributed by atoms with E-state index in [1.54, 1.807) is 0 Å². The number of Topliss-reactive ketones (excluding diaryl/α,β-unsaturated/α-hetero) is 1. The minimum absolute atomic E-state index is 0.0896. The molecule has 0 bridgehead atoms. The van der Waals surface area contributed by atoms with Crippen molar-refractivity contribution in [2.45, 2.75) is 13.0 Å². The smallest absolute Gasteiger partial charge is 0.169 e. The molecule has 5 nitrogen and oxygen atoms in total. The van der Waals surface area contributed by atoms with Gasteiger partial charge in [-0.1, -0.05) is 65.8 Å². The maximum Gasteiger partial charge on any atom is 0.169 e. The summed E-state index contributed by atoms with van der Waals surface area (Å²) in [7, 11) is 0. The van der Waals surface area contributed by atoms with Crippen LogP contribution in [0.2, 0.25) is 0 Å². The molecule has 1 fully saturated rings. The Kier molecular flexibility index (Phi) is 5.95. The van der Waals surface area contributed by atoms with Crippen LogP contribution in [0.5, 0.6) is 0 Å². The highest BCUT2D eigenvalue weighted by Gasteiger charge is 2.20.